The Morgan fingerprint density at radius 3 is 2.13 bits per heavy atom. The van der Waals surface area contributed by atoms with Crippen molar-refractivity contribution in [2.75, 3.05) is 40.4 Å². The predicted molar refractivity (Wildman–Crippen MR) is 138 cm³/mol. The quantitative estimate of drug-likeness (QED) is 0.413. The van der Waals surface area contributed by atoms with Crippen LogP contribution in [0.25, 0.3) is 10.9 Å². The number of hydrogen-bond donors (Lipinski definition) is 1. The van der Waals surface area contributed by atoms with E-state index in [1.54, 1.807) is 52.3 Å². The Morgan fingerprint density at radius 2 is 1.53 bits per heavy atom. The third-order valence-corrected chi connectivity index (χ3v) is 6.61. The van der Waals surface area contributed by atoms with Gasteiger partial charge in [-0.15, -0.1) is 0 Å². The molecule has 2 amide bonds. The standard InChI is InChI=1S/C27H26N4O7/c1-36-22-14-19-20(15-23(22)37-2)28-27(35)31(25(19)33)16-17-5-7-18(8-6-17)24(32)29-9-11-30(12-10-29)26(34)21-4-3-13-38-21/h3-8,13-15H,9-12,16H2,1-2H3,(H,28,35). The number of piperazine rings is 1. The molecule has 0 atom stereocenters. The number of fused-ring (bicyclic) bond motifs is 1. The van der Waals surface area contributed by atoms with Gasteiger partial charge in [-0.2, -0.15) is 0 Å². The van der Waals surface area contributed by atoms with Crippen LogP contribution in [-0.2, 0) is 6.54 Å². The van der Waals surface area contributed by atoms with Crippen molar-refractivity contribution in [2.45, 2.75) is 6.54 Å². The van der Waals surface area contributed by atoms with E-state index in [0.29, 0.717) is 59.7 Å². The summed E-state index contributed by atoms with van der Waals surface area (Å²) in [6.45, 7) is 1.66. The normalized spacial score (nSPS) is 13.5. The molecule has 0 saturated carbocycles. The van der Waals surface area contributed by atoms with E-state index in [2.05, 4.69) is 4.98 Å². The van der Waals surface area contributed by atoms with Gasteiger partial charge in [0.25, 0.3) is 17.4 Å². The summed E-state index contributed by atoms with van der Waals surface area (Å²) in [4.78, 5) is 57.3. The number of nitrogens with one attached hydrogen (secondary N) is 1. The second-order valence-electron chi connectivity index (χ2n) is 8.83. The van der Waals surface area contributed by atoms with Gasteiger partial charge in [0.05, 0.1) is 37.9 Å². The summed E-state index contributed by atoms with van der Waals surface area (Å²) in [5.41, 5.74) is 0.489. The minimum atomic E-state index is -0.558. The molecule has 11 heteroatoms. The third-order valence-electron chi connectivity index (χ3n) is 6.61. The van der Waals surface area contributed by atoms with Crippen LogP contribution in [0.5, 0.6) is 11.5 Å². The largest absolute Gasteiger partial charge is 0.493 e. The van der Waals surface area contributed by atoms with Crippen LogP contribution in [0.4, 0.5) is 0 Å². The maximum Gasteiger partial charge on any atom is 0.329 e. The molecule has 11 nitrogen and oxygen atoms in total. The SMILES string of the molecule is COc1cc2[nH]c(=O)n(Cc3ccc(C(=O)N4CCN(C(=O)c5ccco5)CC4)cc3)c(=O)c2cc1OC. The van der Waals surface area contributed by atoms with Crippen LogP contribution in [0.3, 0.4) is 0 Å². The highest BCUT2D eigenvalue weighted by molar-refractivity contribution is 5.95. The van der Waals surface area contributed by atoms with Gasteiger partial charge in [0.15, 0.2) is 17.3 Å². The molecule has 38 heavy (non-hydrogen) atoms. The number of methoxy groups -OCH3 is 2. The van der Waals surface area contributed by atoms with Gasteiger partial charge in [-0.3, -0.25) is 19.0 Å². The van der Waals surface area contributed by atoms with Crippen LogP contribution in [0.2, 0.25) is 0 Å². The fourth-order valence-electron chi connectivity index (χ4n) is 4.51. The second-order valence-corrected chi connectivity index (χ2v) is 8.83. The fraction of sp³-hybridized carbons (Fsp3) is 0.259. The first kappa shape index (κ1) is 24.9. The Hall–Kier alpha value is -4.80. The predicted octanol–water partition coefficient (Wildman–Crippen LogP) is 1.95. The van der Waals surface area contributed by atoms with Crippen LogP contribution in [0, 0.1) is 0 Å². The van der Waals surface area contributed by atoms with E-state index < -0.39 is 11.2 Å². The van der Waals surface area contributed by atoms with Gasteiger partial charge in [0.2, 0.25) is 0 Å². The highest BCUT2D eigenvalue weighted by atomic mass is 16.5. The number of H-pyrrole nitrogens is 1. The zero-order chi connectivity index (χ0) is 26.8. The molecular weight excluding hydrogens is 492 g/mol. The van der Waals surface area contributed by atoms with E-state index in [-0.39, 0.29) is 24.1 Å². The van der Waals surface area contributed by atoms with E-state index in [1.807, 2.05) is 0 Å². The number of amides is 2. The van der Waals surface area contributed by atoms with Crippen molar-refractivity contribution < 1.29 is 23.5 Å². The summed E-state index contributed by atoms with van der Waals surface area (Å²) in [5.74, 6) is 0.721. The lowest BCUT2D eigenvalue weighted by molar-refractivity contribution is 0.0518. The van der Waals surface area contributed by atoms with E-state index in [0.717, 1.165) is 4.57 Å². The Kier molecular flexibility index (Phi) is 6.73. The van der Waals surface area contributed by atoms with Crippen LogP contribution in [-0.4, -0.2) is 71.6 Å². The van der Waals surface area contributed by atoms with Gasteiger partial charge in [-0.05, 0) is 35.9 Å². The number of aromatic nitrogens is 2. The molecule has 1 aliphatic heterocycles. The number of aromatic amines is 1. The average Bonchev–Trinajstić information content (AvgIpc) is 3.49. The molecule has 3 heterocycles. The molecule has 196 valence electrons. The smallest absolute Gasteiger partial charge is 0.329 e. The number of rotatable bonds is 6. The molecule has 1 N–H and O–H groups in total. The lowest BCUT2D eigenvalue weighted by atomic mass is 10.1. The number of furan rings is 1. The minimum Gasteiger partial charge on any atom is -0.493 e. The summed E-state index contributed by atoms with van der Waals surface area (Å²) in [7, 11) is 2.94. The highest BCUT2D eigenvalue weighted by Gasteiger charge is 2.26. The van der Waals surface area contributed by atoms with Crippen molar-refractivity contribution in [3.63, 3.8) is 0 Å². The summed E-state index contributed by atoms with van der Waals surface area (Å²) in [6, 6.07) is 13.1. The molecule has 2 aromatic carbocycles. The van der Waals surface area contributed by atoms with Crippen molar-refractivity contribution >= 4 is 22.7 Å². The van der Waals surface area contributed by atoms with Gasteiger partial charge in [-0.1, -0.05) is 12.1 Å². The molecule has 0 radical (unpaired) electrons. The average molecular weight is 519 g/mol. The fourth-order valence-corrected chi connectivity index (χ4v) is 4.51. The number of nitrogens with zero attached hydrogens (tertiary/aromatic N) is 3. The maximum absolute atomic E-state index is 13.1. The zero-order valence-electron chi connectivity index (χ0n) is 20.9. The van der Waals surface area contributed by atoms with Crippen molar-refractivity contribution in [3.05, 3.63) is 92.5 Å². The summed E-state index contributed by atoms with van der Waals surface area (Å²) < 4.78 is 16.8. The summed E-state index contributed by atoms with van der Waals surface area (Å²) in [5, 5.41) is 0.290. The molecular formula is C27H26N4O7. The van der Waals surface area contributed by atoms with Crippen LogP contribution in [0.15, 0.2) is 68.8 Å². The van der Waals surface area contributed by atoms with E-state index in [9.17, 15) is 19.2 Å². The molecule has 0 unspecified atom stereocenters. The molecule has 1 fully saturated rings. The van der Waals surface area contributed by atoms with Crippen molar-refractivity contribution in [3.8, 4) is 11.5 Å². The first-order chi connectivity index (χ1) is 18.4. The highest BCUT2D eigenvalue weighted by Crippen LogP contribution is 2.29. The first-order valence-electron chi connectivity index (χ1n) is 12.0. The molecule has 1 aliphatic rings. The number of benzene rings is 2. The molecule has 1 saturated heterocycles. The third kappa shape index (κ3) is 4.65. The van der Waals surface area contributed by atoms with Gasteiger partial charge in [0.1, 0.15) is 0 Å². The lowest BCUT2D eigenvalue weighted by Crippen LogP contribution is -2.50. The van der Waals surface area contributed by atoms with Crippen LogP contribution in [0.1, 0.15) is 26.5 Å². The molecule has 0 spiro atoms. The number of carbonyl (C=O) groups is 2. The zero-order valence-corrected chi connectivity index (χ0v) is 20.9. The Labute approximate surface area is 216 Å². The Morgan fingerprint density at radius 1 is 0.895 bits per heavy atom. The number of hydrogen-bond acceptors (Lipinski definition) is 7. The molecule has 0 aliphatic carbocycles. The van der Waals surface area contributed by atoms with Gasteiger partial charge in [0, 0.05) is 37.8 Å². The Balaban J connectivity index is 1.29. The molecule has 2 aromatic heterocycles. The molecule has 4 aromatic rings. The molecule has 5 rings (SSSR count). The van der Waals surface area contributed by atoms with Crippen LogP contribution < -0.4 is 20.7 Å². The topological polar surface area (TPSA) is 127 Å². The second kappa shape index (κ2) is 10.3. The number of ether oxygens (including phenoxy) is 2. The van der Waals surface area contributed by atoms with Gasteiger partial charge >= 0.3 is 5.69 Å². The van der Waals surface area contributed by atoms with E-state index in [4.69, 9.17) is 13.9 Å². The van der Waals surface area contributed by atoms with Gasteiger partial charge in [-0.25, -0.2) is 4.79 Å². The van der Waals surface area contributed by atoms with Gasteiger partial charge < -0.3 is 28.7 Å². The van der Waals surface area contributed by atoms with E-state index >= 15 is 0 Å². The number of carbonyl (C=O) groups excluding carboxylic acids is 2. The monoisotopic (exact) mass is 518 g/mol. The molecule has 0 bridgehead atoms. The van der Waals surface area contributed by atoms with E-state index in [1.165, 1.54) is 26.5 Å². The summed E-state index contributed by atoms with van der Waals surface area (Å²) in [6.07, 6.45) is 1.46. The minimum absolute atomic E-state index is 0.0283. The van der Waals surface area contributed by atoms with Crippen LogP contribution >= 0.6 is 0 Å². The van der Waals surface area contributed by atoms with Crippen molar-refractivity contribution in [2.24, 2.45) is 0 Å². The summed E-state index contributed by atoms with van der Waals surface area (Å²) >= 11 is 0. The Bertz CT molecular complexity index is 1600. The first-order valence-corrected chi connectivity index (χ1v) is 12.0. The van der Waals surface area contributed by atoms with Crippen molar-refractivity contribution in [1.29, 1.82) is 0 Å². The maximum atomic E-state index is 13.1. The van der Waals surface area contributed by atoms with Crippen molar-refractivity contribution in [1.82, 2.24) is 19.4 Å². The lowest BCUT2D eigenvalue weighted by Gasteiger charge is -2.34.